The van der Waals surface area contributed by atoms with Gasteiger partial charge >= 0.3 is 12.1 Å². The number of fused-ring (bicyclic) bond motifs is 1. The van der Waals surface area contributed by atoms with Gasteiger partial charge in [0.2, 0.25) is 0 Å². The first kappa shape index (κ1) is 21.7. The minimum atomic E-state index is -0.493. The molecule has 0 spiro atoms. The van der Waals surface area contributed by atoms with Crippen LogP contribution in [0, 0.1) is 6.92 Å². The van der Waals surface area contributed by atoms with Gasteiger partial charge in [-0.2, -0.15) is 9.97 Å². The van der Waals surface area contributed by atoms with Gasteiger partial charge in [-0.05, 0) is 47.0 Å². The molecule has 0 saturated carbocycles. The van der Waals surface area contributed by atoms with Crippen LogP contribution < -0.4 is 15.8 Å². The Morgan fingerprint density at radius 3 is 2.61 bits per heavy atom. The summed E-state index contributed by atoms with van der Waals surface area (Å²) in [5, 5.41) is 2.77. The lowest BCUT2D eigenvalue weighted by Crippen LogP contribution is -2.33. The fraction of sp³-hybridized carbons (Fsp3) is 0.684. The molecule has 0 aliphatic carbocycles. The van der Waals surface area contributed by atoms with Crippen LogP contribution >= 0.6 is 0 Å². The maximum absolute atomic E-state index is 11.7. The summed E-state index contributed by atoms with van der Waals surface area (Å²) in [6.07, 6.45) is 3.22. The van der Waals surface area contributed by atoms with Crippen molar-refractivity contribution in [3.05, 3.63) is 5.82 Å². The molecule has 2 aromatic rings. The van der Waals surface area contributed by atoms with Gasteiger partial charge in [0.15, 0.2) is 17.0 Å². The molecule has 0 aliphatic rings. The third-order valence-electron chi connectivity index (χ3n) is 4.00. The Hall–Kier alpha value is -2.58. The van der Waals surface area contributed by atoms with Crippen molar-refractivity contribution in [2.24, 2.45) is 0 Å². The van der Waals surface area contributed by atoms with E-state index >= 15 is 0 Å². The lowest BCUT2D eigenvalue weighted by atomic mass is 10.2. The van der Waals surface area contributed by atoms with Crippen LogP contribution in [0.3, 0.4) is 0 Å². The number of nitrogens with two attached hydrogens (primary N) is 1. The second kappa shape index (κ2) is 9.57. The highest BCUT2D eigenvalue weighted by atomic mass is 16.6. The second-order valence-electron chi connectivity index (χ2n) is 7.71. The lowest BCUT2D eigenvalue weighted by Gasteiger charge is -2.19. The molecule has 0 radical (unpaired) electrons. The number of hydrogen-bond acceptors (Lipinski definition) is 7. The molecule has 0 aromatic carbocycles. The average Bonchev–Trinajstić information content (AvgIpc) is 2.90. The number of nitrogens with zero attached hydrogens (tertiary/aromatic N) is 4. The van der Waals surface area contributed by atoms with Gasteiger partial charge in [-0.1, -0.05) is 13.3 Å². The number of rotatable bonds is 9. The van der Waals surface area contributed by atoms with Crippen molar-refractivity contribution < 1.29 is 14.3 Å². The molecule has 0 bridgehead atoms. The van der Waals surface area contributed by atoms with Gasteiger partial charge in [0.25, 0.3) is 0 Å². The molecule has 9 heteroatoms. The van der Waals surface area contributed by atoms with E-state index in [0.29, 0.717) is 36.7 Å². The van der Waals surface area contributed by atoms with Crippen molar-refractivity contribution in [3.8, 4) is 6.01 Å². The molecular formula is C19H32N6O3. The normalized spacial score (nSPS) is 11.6. The Morgan fingerprint density at radius 2 is 1.93 bits per heavy atom. The minimum absolute atomic E-state index is 0.284. The number of amides is 1. The Labute approximate surface area is 166 Å². The number of alkyl carbamates (subject to hydrolysis) is 1. The molecule has 2 heterocycles. The van der Waals surface area contributed by atoms with Crippen LogP contribution in [0.15, 0.2) is 0 Å². The number of carbonyl (C=O) groups is 1. The van der Waals surface area contributed by atoms with Gasteiger partial charge in [0.1, 0.15) is 11.4 Å². The molecule has 156 valence electrons. The van der Waals surface area contributed by atoms with Crippen LogP contribution in [0.5, 0.6) is 6.01 Å². The van der Waals surface area contributed by atoms with E-state index in [0.717, 1.165) is 31.5 Å². The largest absolute Gasteiger partial charge is 0.463 e. The summed E-state index contributed by atoms with van der Waals surface area (Å²) in [5.41, 5.74) is 6.81. The number of anilines is 1. The summed E-state index contributed by atoms with van der Waals surface area (Å²) in [4.78, 5) is 24.8. The SMILES string of the molecule is CCCCOc1nc(N)c2nc(C)n(CCCCNC(=O)OC(C)(C)C)c2n1. The number of aryl methyl sites for hydroxylation is 2. The number of imidazole rings is 1. The second-order valence-corrected chi connectivity index (χ2v) is 7.71. The van der Waals surface area contributed by atoms with Gasteiger partial charge in [0.05, 0.1) is 6.61 Å². The first-order valence-corrected chi connectivity index (χ1v) is 9.81. The fourth-order valence-corrected chi connectivity index (χ4v) is 2.65. The summed E-state index contributed by atoms with van der Waals surface area (Å²) < 4.78 is 12.8. The van der Waals surface area contributed by atoms with Crippen molar-refractivity contribution in [1.82, 2.24) is 24.8 Å². The van der Waals surface area contributed by atoms with E-state index in [2.05, 4.69) is 27.2 Å². The molecule has 1 amide bonds. The highest BCUT2D eigenvalue weighted by Gasteiger charge is 2.16. The van der Waals surface area contributed by atoms with Gasteiger partial charge in [-0.3, -0.25) is 0 Å². The van der Waals surface area contributed by atoms with E-state index in [1.165, 1.54) is 0 Å². The summed E-state index contributed by atoms with van der Waals surface area (Å²) >= 11 is 0. The van der Waals surface area contributed by atoms with E-state index in [1.807, 2.05) is 32.3 Å². The Bertz CT molecular complexity index is 797. The fourth-order valence-electron chi connectivity index (χ4n) is 2.65. The Balaban J connectivity index is 1.94. The van der Waals surface area contributed by atoms with Gasteiger partial charge in [-0.25, -0.2) is 9.78 Å². The zero-order chi connectivity index (χ0) is 20.7. The van der Waals surface area contributed by atoms with E-state index in [1.54, 1.807) is 0 Å². The van der Waals surface area contributed by atoms with Crippen molar-refractivity contribution >= 4 is 23.1 Å². The lowest BCUT2D eigenvalue weighted by molar-refractivity contribution is 0.0527. The van der Waals surface area contributed by atoms with Crippen molar-refractivity contribution in [1.29, 1.82) is 0 Å². The molecular weight excluding hydrogens is 360 g/mol. The number of nitrogen functional groups attached to an aromatic ring is 1. The highest BCUT2D eigenvalue weighted by molar-refractivity contribution is 5.82. The Kier molecular flexibility index (Phi) is 7.42. The quantitative estimate of drug-likeness (QED) is 0.629. The molecule has 9 nitrogen and oxygen atoms in total. The molecule has 3 N–H and O–H groups in total. The maximum Gasteiger partial charge on any atom is 0.407 e. The first-order chi connectivity index (χ1) is 13.2. The average molecular weight is 393 g/mol. The summed E-state index contributed by atoms with van der Waals surface area (Å²) in [7, 11) is 0. The molecule has 2 rings (SSSR count). The van der Waals surface area contributed by atoms with Crippen LogP contribution in [-0.4, -0.2) is 44.4 Å². The van der Waals surface area contributed by atoms with Gasteiger partial charge < -0.3 is 25.1 Å². The molecule has 0 fully saturated rings. The first-order valence-electron chi connectivity index (χ1n) is 9.81. The number of carbonyl (C=O) groups excluding carboxylic acids is 1. The van der Waals surface area contributed by atoms with Crippen LogP contribution in [0.2, 0.25) is 0 Å². The maximum atomic E-state index is 11.7. The predicted octanol–water partition coefficient (Wildman–Crippen LogP) is 3.20. The zero-order valence-electron chi connectivity index (χ0n) is 17.5. The summed E-state index contributed by atoms with van der Waals surface area (Å²) in [5.74, 6) is 1.15. The summed E-state index contributed by atoms with van der Waals surface area (Å²) in [6, 6.07) is 0.284. The third kappa shape index (κ3) is 6.24. The zero-order valence-corrected chi connectivity index (χ0v) is 17.5. The number of aromatic nitrogens is 4. The molecule has 0 aliphatic heterocycles. The van der Waals surface area contributed by atoms with Crippen LogP contribution in [-0.2, 0) is 11.3 Å². The van der Waals surface area contributed by atoms with Crippen LogP contribution in [0.4, 0.5) is 10.6 Å². The van der Waals surface area contributed by atoms with Crippen LogP contribution in [0.1, 0.15) is 59.2 Å². The molecule has 0 unspecified atom stereocenters. The monoisotopic (exact) mass is 392 g/mol. The Morgan fingerprint density at radius 1 is 1.18 bits per heavy atom. The number of unbranched alkanes of at least 4 members (excludes halogenated alkanes) is 2. The summed E-state index contributed by atoms with van der Waals surface area (Å²) in [6.45, 7) is 11.3. The van der Waals surface area contributed by atoms with E-state index in [9.17, 15) is 4.79 Å². The van der Waals surface area contributed by atoms with E-state index < -0.39 is 11.7 Å². The van der Waals surface area contributed by atoms with E-state index in [-0.39, 0.29) is 6.01 Å². The molecule has 2 aromatic heterocycles. The number of nitrogens with one attached hydrogen (secondary N) is 1. The van der Waals surface area contributed by atoms with E-state index in [4.69, 9.17) is 15.2 Å². The van der Waals surface area contributed by atoms with Gasteiger partial charge in [-0.15, -0.1) is 0 Å². The van der Waals surface area contributed by atoms with Crippen molar-refractivity contribution in [2.45, 2.75) is 72.4 Å². The molecule has 0 saturated heterocycles. The standard InChI is InChI=1S/C19H32N6O3/c1-6-7-12-27-17-23-15(20)14-16(24-17)25(13(2)22-14)11-9-8-10-21-18(26)28-19(3,4)5/h6-12H2,1-5H3,(H,21,26)(H2,20,23,24). The smallest absolute Gasteiger partial charge is 0.407 e. The molecule has 0 atom stereocenters. The third-order valence-corrected chi connectivity index (χ3v) is 4.00. The van der Waals surface area contributed by atoms with Gasteiger partial charge in [0, 0.05) is 13.1 Å². The van der Waals surface area contributed by atoms with Crippen LogP contribution in [0.25, 0.3) is 11.2 Å². The van der Waals surface area contributed by atoms with Crippen molar-refractivity contribution in [2.75, 3.05) is 18.9 Å². The predicted molar refractivity (Wildman–Crippen MR) is 108 cm³/mol. The number of ether oxygens (including phenoxy) is 2. The highest BCUT2D eigenvalue weighted by Crippen LogP contribution is 2.22. The minimum Gasteiger partial charge on any atom is -0.463 e. The molecule has 28 heavy (non-hydrogen) atoms. The van der Waals surface area contributed by atoms with Crippen molar-refractivity contribution in [3.63, 3.8) is 0 Å². The topological polar surface area (TPSA) is 117 Å². The number of hydrogen-bond donors (Lipinski definition) is 2.